The molecule has 0 unspecified atom stereocenters. The number of nitrogens with zero attached hydrogens (tertiary/aromatic N) is 1. The fourth-order valence-electron chi connectivity index (χ4n) is 3.98. The van der Waals surface area contributed by atoms with Crippen molar-refractivity contribution in [2.24, 2.45) is 0 Å². The van der Waals surface area contributed by atoms with Crippen molar-refractivity contribution in [3.8, 4) is 0 Å². The van der Waals surface area contributed by atoms with Crippen molar-refractivity contribution in [3.63, 3.8) is 0 Å². The van der Waals surface area contributed by atoms with Crippen LogP contribution >= 0.6 is 0 Å². The van der Waals surface area contributed by atoms with Crippen molar-refractivity contribution in [1.82, 2.24) is 9.88 Å². The van der Waals surface area contributed by atoms with E-state index in [4.69, 9.17) is 0 Å². The van der Waals surface area contributed by atoms with E-state index >= 15 is 0 Å². The van der Waals surface area contributed by atoms with E-state index in [1.54, 1.807) is 5.57 Å². The van der Waals surface area contributed by atoms with Gasteiger partial charge in [0.15, 0.2) is 0 Å². The summed E-state index contributed by atoms with van der Waals surface area (Å²) in [5, 5.41) is 5.03. The maximum absolute atomic E-state index is 3.66. The molecule has 0 atom stereocenters. The van der Waals surface area contributed by atoms with Crippen LogP contribution < -0.4 is 5.32 Å². The Balaban J connectivity index is 1.44. The van der Waals surface area contributed by atoms with Crippen molar-refractivity contribution < 1.29 is 0 Å². The number of rotatable bonds is 7. The van der Waals surface area contributed by atoms with Crippen LogP contribution in [0.15, 0.2) is 72.4 Å². The highest BCUT2D eigenvalue weighted by atomic mass is 15.0. The first kappa shape index (κ1) is 17.1. The lowest BCUT2D eigenvalue weighted by Crippen LogP contribution is -2.15. The van der Waals surface area contributed by atoms with E-state index < -0.39 is 0 Å². The van der Waals surface area contributed by atoms with Gasteiger partial charge >= 0.3 is 0 Å². The van der Waals surface area contributed by atoms with Gasteiger partial charge in [-0.25, -0.2) is 0 Å². The molecule has 2 aromatic carbocycles. The molecular weight excluding hydrogens is 316 g/mol. The quantitative estimate of drug-likeness (QED) is 0.431. The zero-order chi connectivity index (χ0) is 17.6. The molecule has 1 aromatic heterocycles. The van der Waals surface area contributed by atoms with Crippen LogP contribution in [0, 0.1) is 0 Å². The van der Waals surface area contributed by atoms with Crippen LogP contribution in [0.3, 0.4) is 0 Å². The van der Waals surface area contributed by atoms with Gasteiger partial charge in [0.25, 0.3) is 0 Å². The maximum atomic E-state index is 3.66. The molecule has 0 bridgehead atoms. The number of hydrogen-bond donors (Lipinski definition) is 1. The third-order valence-corrected chi connectivity index (χ3v) is 5.39. The normalized spacial score (nSPS) is 14.5. The van der Waals surface area contributed by atoms with Crippen LogP contribution in [-0.2, 0) is 13.1 Å². The number of para-hydroxylation sites is 1. The Morgan fingerprint density at radius 3 is 2.62 bits per heavy atom. The van der Waals surface area contributed by atoms with Gasteiger partial charge in [-0.15, -0.1) is 0 Å². The smallest absolute Gasteiger partial charge is 0.0486 e. The van der Waals surface area contributed by atoms with Gasteiger partial charge in [-0.3, -0.25) is 0 Å². The maximum Gasteiger partial charge on any atom is 0.0486 e. The molecule has 1 N–H and O–H groups in total. The van der Waals surface area contributed by atoms with Crippen molar-refractivity contribution in [2.75, 3.05) is 6.54 Å². The summed E-state index contributed by atoms with van der Waals surface area (Å²) >= 11 is 0. The first-order chi connectivity index (χ1) is 12.9. The Labute approximate surface area is 156 Å². The SMILES string of the molecule is C1=C(CCNCc2cn(Cc3ccccc3)c3ccccc23)CCCC1. The van der Waals surface area contributed by atoms with Gasteiger partial charge in [0.2, 0.25) is 0 Å². The van der Waals surface area contributed by atoms with E-state index in [0.717, 1.165) is 19.6 Å². The third-order valence-electron chi connectivity index (χ3n) is 5.39. The summed E-state index contributed by atoms with van der Waals surface area (Å²) < 4.78 is 2.38. The lowest BCUT2D eigenvalue weighted by Gasteiger charge is -2.12. The van der Waals surface area contributed by atoms with Gasteiger partial charge in [-0.1, -0.05) is 60.2 Å². The fraction of sp³-hybridized carbons (Fsp3) is 0.333. The highest BCUT2D eigenvalue weighted by Gasteiger charge is 2.09. The Morgan fingerprint density at radius 1 is 0.923 bits per heavy atom. The number of nitrogens with one attached hydrogen (secondary N) is 1. The Bertz CT molecular complexity index is 874. The summed E-state index contributed by atoms with van der Waals surface area (Å²) in [7, 11) is 0. The first-order valence-corrected chi connectivity index (χ1v) is 9.89. The average Bonchev–Trinajstić information content (AvgIpc) is 3.05. The molecule has 0 radical (unpaired) electrons. The Hall–Kier alpha value is -2.32. The second-order valence-electron chi connectivity index (χ2n) is 7.32. The molecule has 0 saturated carbocycles. The molecule has 3 aromatic rings. The molecule has 4 rings (SSSR count). The fourth-order valence-corrected chi connectivity index (χ4v) is 3.98. The summed E-state index contributed by atoms with van der Waals surface area (Å²) in [4.78, 5) is 0. The average molecular weight is 345 g/mol. The van der Waals surface area contributed by atoms with Gasteiger partial charge in [-0.2, -0.15) is 0 Å². The number of fused-ring (bicyclic) bond motifs is 1. The monoisotopic (exact) mass is 344 g/mol. The molecule has 26 heavy (non-hydrogen) atoms. The van der Waals surface area contributed by atoms with Crippen molar-refractivity contribution in [2.45, 2.75) is 45.2 Å². The lowest BCUT2D eigenvalue weighted by atomic mass is 9.97. The summed E-state index contributed by atoms with van der Waals surface area (Å²) in [5.74, 6) is 0. The van der Waals surface area contributed by atoms with Gasteiger partial charge in [-0.05, 0) is 55.8 Å². The van der Waals surface area contributed by atoms with E-state index in [9.17, 15) is 0 Å². The second-order valence-corrected chi connectivity index (χ2v) is 7.32. The molecule has 2 nitrogen and oxygen atoms in total. The molecule has 0 saturated heterocycles. The molecule has 0 amide bonds. The van der Waals surface area contributed by atoms with Gasteiger partial charge in [0.1, 0.15) is 0 Å². The summed E-state index contributed by atoms with van der Waals surface area (Å²) in [5.41, 5.74) is 5.71. The predicted molar refractivity (Wildman–Crippen MR) is 110 cm³/mol. The van der Waals surface area contributed by atoms with Crippen LogP contribution in [-0.4, -0.2) is 11.1 Å². The minimum absolute atomic E-state index is 0.925. The molecule has 1 aliphatic carbocycles. The third kappa shape index (κ3) is 4.08. The van der Waals surface area contributed by atoms with Crippen molar-refractivity contribution >= 4 is 10.9 Å². The Kier molecular flexibility index (Phi) is 5.51. The van der Waals surface area contributed by atoms with Crippen LogP contribution in [0.4, 0.5) is 0 Å². The van der Waals surface area contributed by atoms with Gasteiger partial charge < -0.3 is 9.88 Å². The molecule has 1 heterocycles. The standard InChI is InChI=1S/C24H28N2/c1-3-9-20(10-4-1)15-16-25-17-22-19-26(18-21-11-5-2-6-12-21)24-14-8-7-13-23(22)24/h2,5-9,11-14,19,25H,1,3-4,10,15-18H2. The topological polar surface area (TPSA) is 17.0 Å². The van der Waals surface area contributed by atoms with E-state index in [1.165, 1.54) is 54.1 Å². The van der Waals surface area contributed by atoms with Crippen LogP contribution in [0.25, 0.3) is 10.9 Å². The summed E-state index contributed by atoms with van der Waals surface area (Å²) in [6.07, 6.45) is 11.3. The zero-order valence-corrected chi connectivity index (χ0v) is 15.5. The van der Waals surface area contributed by atoms with Crippen molar-refractivity contribution in [1.29, 1.82) is 0 Å². The minimum atomic E-state index is 0.925. The van der Waals surface area contributed by atoms with E-state index in [1.807, 2.05) is 0 Å². The molecule has 0 aliphatic heterocycles. The molecule has 134 valence electrons. The zero-order valence-electron chi connectivity index (χ0n) is 15.5. The van der Waals surface area contributed by atoms with Crippen molar-refractivity contribution in [3.05, 3.63) is 83.6 Å². The molecule has 0 spiro atoms. The van der Waals surface area contributed by atoms with Crippen LogP contribution in [0.1, 0.15) is 43.2 Å². The van der Waals surface area contributed by atoms with Gasteiger partial charge in [0.05, 0.1) is 0 Å². The molecule has 1 aliphatic rings. The lowest BCUT2D eigenvalue weighted by molar-refractivity contribution is 0.632. The van der Waals surface area contributed by atoms with E-state index in [0.29, 0.717) is 0 Å². The number of allylic oxidation sites excluding steroid dienone is 1. The van der Waals surface area contributed by atoms with Crippen LogP contribution in [0.5, 0.6) is 0 Å². The van der Waals surface area contributed by atoms with E-state index in [-0.39, 0.29) is 0 Å². The Morgan fingerprint density at radius 2 is 1.77 bits per heavy atom. The number of benzene rings is 2. The molecule has 0 fully saturated rings. The molecular formula is C24H28N2. The largest absolute Gasteiger partial charge is 0.343 e. The van der Waals surface area contributed by atoms with E-state index in [2.05, 4.69) is 76.8 Å². The predicted octanol–water partition coefficient (Wildman–Crippen LogP) is 5.67. The molecule has 2 heteroatoms. The summed E-state index contributed by atoms with van der Waals surface area (Å²) in [6, 6.07) is 19.5. The highest BCUT2D eigenvalue weighted by Crippen LogP contribution is 2.23. The second kappa shape index (κ2) is 8.37. The van der Waals surface area contributed by atoms with Gasteiger partial charge in [0, 0.05) is 30.2 Å². The number of hydrogen-bond acceptors (Lipinski definition) is 1. The minimum Gasteiger partial charge on any atom is -0.343 e. The summed E-state index contributed by atoms with van der Waals surface area (Å²) in [6.45, 7) is 2.94. The van der Waals surface area contributed by atoms with Crippen LogP contribution in [0.2, 0.25) is 0 Å². The first-order valence-electron chi connectivity index (χ1n) is 9.89. The number of aromatic nitrogens is 1. The highest BCUT2D eigenvalue weighted by molar-refractivity contribution is 5.84.